The lowest BCUT2D eigenvalue weighted by atomic mass is 10.1. The number of carbonyl (C=O) groups is 1. The average Bonchev–Trinajstić information content (AvgIpc) is 3.19. The third-order valence-corrected chi connectivity index (χ3v) is 6.63. The Labute approximate surface area is 172 Å². The summed E-state index contributed by atoms with van der Waals surface area (Å²) in [5.41, 5.74) is 1.49. The van der Waals surface area contributed by atoms with Gasteiger partial charge in [0.1, 0.15) is 0 Å². The third kappa shape index (κ3) is 5.38. The predicted octanol–water partition coefficient (Wildman–Crippen LogP) is 2.28. The van der Waals surface area contributed by atoms with E-state index in [0.717, 1.165) is 57.9 Å². The Kier molecular flexibility index (Phi) is 7.56. The lowest BCUT2D eigenvalue weighted by molar-refractivity contribution is 0.0963. The van der Waals surface area contributed by atoms with Crippen LogP contribution in [-0.2, 0) is 17.7 Å². The molecular formula is C20H33N5O2S. The summed E-state index contributed by atoms with van der Waals surface area (Å²) in [4.78, 5) is 22.1. The number of guanidine groups is 1. The van der Waals surface area contributed by atoms with Crippen LogP contribution < -0.4 is 10.6 Å². The largest absolute Gasteiger partial charge is 0.450 e. The zero-order valence-corrected chi connectivity index (χ0v) is 18.1. The van der Waals surface area contributed by atoms with Gasteiger partial charge in [0.05, 0.1) is 6.61 Å². The highest BCUT2D eigenvalue weighted by Gasteiger charge is 2.25. The van der Waals surface area contributed by atoms with Crippen molar-refractivity contribution in [1.29, 1.82) is 0 Å². The van der Waals surface area contributed by atoms with Crippen LogP contribution in [0, 0.1) is 0 Å². The van der Waals surface area contributed by atoms with Crippen molar-refractivity contribution in [3.63, 3.8) is 0 Å². The molecule has 3 heterocycles. The molecule has 1 unspecified atom stereocenters. The molecule has 0 radical (unpaired) electrons. The minimum absolute atomic E-state index is 0.201. The number of carbonyl (C=O) groups excluding carboxylic acids is 1. The van der Waals surface area contributed by atoms with Gasteiger partial charge in [-0.25, -0.2) is 4.79 Å². The Balaban J connectivity index is 1.40. The van der Waals surface area contributed by atoms with Crippen LogP contribution >= 0.6 is 11.3 Å². The standard InChI is InChI=1S/C20H33N5O2S/c1-4-27-20(26)24-9-5-17(6-10-24)23-19(21-3)22-13-15(2)25-11-7-18-16(14-25)8-12-28-18/h8,12,15,17H,4-7,9-11,13-14H2,1-3H3,(H2,21,22,23). The van der Waals surface area contributed by atoms with E-state index in [1.165, 1.54) is 5.56 Å². The van der Waals surface area contributed by atoms with E-state index in [4.69, 9.17) is 4.74 Å². The van der Waals surface area contributed by atoms with Crippen molar-refractivity contribution >= 4 is 23.4 Å². The fourth-order valence-electron chi connectivity index (χ4n) is 3.83. The topological polar surface area (TPSA) is 69.2 Å². The Bertz CT molecular complexity index is 669. The van der Waals surface area contributed by atoms with Gasteiger partial charge in [0, 0.05) is 56.7 Å². The quantitative estimate of drug-likeness (QED) is 0.579. The first kappa shape index (κ1) is 20.9. The summed E-state index contributed by atoms with van der Waals surface area (Å²) >= 11 is 1.88. The summed E-state index contributed by atoms with van der Waals surface area (Å²) in [6.45, 7) is 9.01. The first-order valence-corrected chi connectivity index (χ1v) is 11.2. The SMILES string of the molecule is CCOC(=O)N1CCC(NC(=NC)NCC(C)N2CCc3sccc3C2)CC1. The van der Waals surface area contributed by atoms with Crippen LogP contribution in [-0.4, -0.2) is 73.8 Å². The van der Waals surface area contributed by atoms with Crippen LogP contribution in [0.25, 0.3) is 0 Å². The van der Waals surface area contributed by atoms with Crippen LogP contribution in [0.15, 0.2) is 16.4 Å². The van der Waals surface area contributed by atoms with Gasteiger partial charge in [-0.05, 0) is 50.1 Å². The number of hydrogen-bond acceptors (Lipinski definition) is 5. The van der Waals surface area contributed by atoms with E-state index in [0.29, 0.717) is 18.7 Å². The molecule has 2 N–H and O–H groups in total. The Hall–Kier alpha value is -1.80. The van der Waals surface area contributed by atoms with Gasteiger partial charge >= 0.3 is 6.09 Å². The van der Waals surface area contributed by atoms with Crippen molar-refractivity contribution in [2.75, 3.05) is 39.8 Å². The highest BCUT2D eigenvalue weighted by molar-refractivity contribution is 7.10. The maximum atomic E-state index is 11.8. The molecule has 28 heavy (non-hydrogen) atoms. The van der Waals surface area contributed by atoms with E-state index in [1.54, 1.807) is 9.78 Å². The van der Waals surface area contributed by atoms with Gasteiger partial charge in [0.25, 0.3) is 0 Å². The van der Waals surface area contributed by atoms with Crippen molar-refractivity contribution in [1.82, 2.24) is 20.4 Å². The van der Waals surface area contributed by atoms with Crippen LogP contribution in [0.5, 0.6) is 0 Å². The van der Waals surface area contributed by atoms with Crippen LogP contribution in [0.4, 0.5) is 4.79 Å². The van der Waals surface area contributed by atoms with Gasteiger partial charge in [0.15, 0.2) is 5.96 Å². The molecular weight excluding hydrogens is 374 g/mol. The Morgan fingerprint density at radius 3 is 2.89 bits per heavy atom. The first-order chi connectivity index (χ1) is 13.6. The van der Waals surface area contributed by atoms with Crippen molar-refractivity contribution < 1.29 is 9.53 Å². The second-order valence-corrected chi connectivity index (χ2v) is 8.50. The van der Waals surface area contributed by atoms with Gasteiger partial charge < -0.3 is 20.3 Å². The monoisotopic (exact) mass is 407 g/mol. The van der Waals surface area contributed by atoms with E-state index in [2.05, 4.69) is 38.9 Å². The highest BCUT2D eigenvalue weighted by atomic mass is 32.1. The second-order valence-electron chi connectivity index (χ2n) is 7.50. The minimum Gasteiger partial charge on any atom is -0.450 e. The number of ether oxygens (including phenoxy) is 1. The molecule has 0 bridgehead atoms. The Morgan fingerprint density at radius 2 is 2.18 bits per heavy atom. The number of fused-ring (bicyclic) bond motifs is 1. The molecule has 1 amide bonds. The zero-order valence-electron chi connectivity index (χ0n) is 17.2. The zero-order chi connectivity index (χ0) is 19.9. The highest BCUT2D eigenvalue weighted by Crippen LogP contribution is 2.24. The van der Waals surface area contributed by atoms with Crippen LogP contribution in [0.3, 0.4) is 0 Å². The molecule has 1 atom stereocenters. The molecule has 0 aliphatic carbocycles. The fourth-order valence-corrected chi connectivity index (χ4v) is 4.72. The molecule has 2 aliphatic rings. The van der Waals surface area contributed by atoms with Crippen molar-refractivity contribution in [2.45, 2.75) is 51.7 Å². The lowest BCUT2D eigenvalue weighted by Gasteiger charge is -2.34. The number of amides is 1. The maximum Gasteiger partial charge on any atom is 0.409 e. The molecule has 1 aromatic heterocycles. The summed E-state index contributed by atoms with van der Waals surface area (Å²) in [6.07, 6.45) is 2.76. The summed E-state index contributed by atoms with van der Waals surface area (Å²) in [7, 11) is 1.81. The van der Waals surface area contributed by atoms with Gasteiger partial charge in [0.2, 0.25) is 0 Å². The molecule has 0 saturated carbocycles. The molecule has 0 aromatic carbocycles. The molecule has 156 valence electrons. The van der Waals surface area contributed by atoms with E-state index in [9.17, 15) is 4.79 Å². The number of nitrogens with zero attached hydrogens (tertiary/aromatic N) is 3. The molecule has 0 spiro atoms. The Morgan fingerprint density at radius 1 is 1.39 bits per heavy atom. The summed E-state index contributed by atoms with van der Waals surface area (Å²) in [5, 5.41) is 9.20. The summed E-state index contributed by atoms with van der Waals surface area (Å²) in [5.74, 6) is 0.842. The summed E-state index contributed by atoms with van der Waals surface area (Å²) in [6, 6.07) is 3.03. The lowest BCUT2D eigenvalue weighted by Crippen LogP contribution is -2.52. The molecule has 8 heteroatoms. The number of thiophene rings is 1. The third-order valence-electron chi connectivity index (χ3n) is 5.61. The van der Waals surface area contributed by atoms with Gasteiger partial charge in [-0.15, -0.1) is 11.3 Å². The molecule has 1 saturated heterocycles. The first-order valence-electron chi connectivity index (χ1n) is 10.3. The van der Waals surface area contributed by atoms with Gasteiger partial charge in [-0.3, -0.25) is 9.89 Å². The number of nitrogens with one attached hydrogen (secondary N) is 2. The van der Waals surface area contributed by atoms with Gasteiger partial charge in [-0.1, -0.05) is 0 Å². The van der Waals surface area contributed by atoms with E-state index < -0.39 is 0 Å². The number of piperidine rings is 1. The molecule has 2 aliphatic heterocycles. The fraction of sp³-hybridized carbons (Fsp3) is 0.700. The van der Waals surface area contributed by atoms with E-state index in [-0.39, 0.29) is 6.09 Å². The number of likely N-dealkylation sites (tertiary alicyclic amines) is 1. The minimum atomic E-state index is -0.201. The van der Waals surface area contributed by atoms with Crippen LogP contribution in [0.2, 0.25) is 0 Å². The molecule has 1 fully saturated rings. The smallest absolute Gasteiger partial charge is 0.409 e. The van der Waals surface area contributed by atoms with E-state index >= 15 is 0 Å². The predicted molar refractivity (Wildman–Crippen MR) is 114 cm³/mol. The van der Waals surface area contributed by atoms with Gasteiger partial charge in [-0.2, -0.15) is 0 Å². The molecule has 1 aromatic rings. The van der Waals surface area contributed by atoms with Crippen LogP contribution in [0.1, 0.15) is 37.1 Å². The average molecular weight is 408 g/mol. The maximum absolute atomic E-state index is 11.8. The number of rotatable bonds is 5. The van der Waals surface area contributed by atoms with Crippen molar-refractivity contribution in [2.24, 2.45) is 4.99 Å². The normalized spacial score (nSPS) is 19.8. The molecule has 3 rings (SSSR count). The number of aliphatic imine (C=N–C) groups is 1. The van der Waals surface area contributed by atoms with Crippen molar-refractivity contribution in [3.8, 4) is 0 Å². The summed E-state index contributed by atoms with van der Waals surface area (Å²) < 4.78 is 5.08. The number of hydrogen-bond donors (Lipinski definition) is 2. The van der Waals surface area contributed by atoms with Crippen molar-refractivity contribution in [3.05, 3.63) is 21.9 Å². The molecule has 7 nitrogen and oxygen atoms in total. The van der Waals surface area contributed by atoms with E-state index in [1.807, 2.05) is 25.3 Å². The second kappa shape index (κ2) is 10.1.